The molecule has 0 aliphatic rings. The van der Waals surface area contributed by atoms with Crippen LogP contribution in [0.15, 0.2) is 17.3 Å². The standard InChI is InChI=1S/C11H8Cl2N2S/c1-3-4-16-11-14-9-5-7(12)8(13)6-10(9)15(11)2/h1,5-6H,4H2,2H3. The summed E-state index contributed by atoms with van der Waals surface area (Å²) in [6.07, 6.45) is 5.22. The van der Waals surface area contributed by atoms with E-state index in [1.54, 1.807) is 6.07 Å². The molecular formula is C11H8Cl2N2S. The van der Waals surface area contributed by atoms with E-state index < -0.39 is 0 Å². The molecule has 5 heteroatoms. The van der Waals surface area contributed by atoms with Crippen LogP contribution in [0.4, 0.5) is 0 Å². The van der Waals surface area contributed by atoms with Crippen LogP contribution in [0.3, 0.4) is 0 Å². The predicted molar refractivity (Wildman–Crippen MR) is 70.3 cm³/mol. The molecule has 1 aromatic carbocycles. The van der Waals surface area contributed by atoms with Crippen molar-refractivity contribution >= 4 is 46.0 Å². The Morgan fingerprint density at radius 1 is 1.44 bits per heavy atom. The van der Waals surface area contributed by atoms with Gasteiger partial charge in [-0.1, -0.05) is 40.9 Å². The lowest BCUT2D eigenvalue weighted by Crippen LogP contribution is -1.90. The zero-order valence-corrected chi connectivity index (χ0v) is 10.8. The summed E-state index contributed by atoms with van der Waals surface area (Å²) in [4.78, 5) is 4.44. The Bertz CT molecular complexity index is 584. The molecule has 0 N–H and O–H groups in total. The molecule has 0 aliphatic heterocycles. The molecule has 1 aromatic heterocycles. The van der Waals surface area contributed by atoms with Crippen LogP contribution in [0, 0.1) is 12.3 Å². The number of thioether (sulfide) groups is 1. The molecule has 0 saturated carbocycles. The van der Waals surface area contributed by atoms with E-state index in [4.69, 9.17) is 29.6 Å². The number of fused-ring (bicyclic) bond motifs is 1. The molecule has 0 amide bonds. The molecule has 2 nitrogen and oxygen atoms in total. The predicted octanol–water partition coefficient (Wildman–Crippen LogP) is 3.61. The van der Waals surface area contributed by atoms with Crippen LogP contribution in [-0.2, 0) is 7.05 Å². The van der Waals surface area contributed by atoms with E-state index >= 15 is 0 Å². The third-order valence-electron chi connectivity index (χ3n) is 2.17. The van der Waals surface area contributed by atoms with Gasteiger partial charge in [-0.2, -0.15) is 0 Å². The number of terminal acetylenes is 1. The first-order chi connectivity index (χ1) is 7.63. The van der Waals surface area contributed by atoms with Gasteiger partial charge in [-0.15, -0.1) is 6.42 Å². The molecule has 0 aliphatic carbocycles. The summed E-state index contributed by atoms with van der Waals surface area (Å²) < 4.78 is 1.96. The lowest BCUT2D eigenvalue weighted by atomic mass is 10.3. The van der Waals surface area contributed by atoms with Crippen molar-refractivity contribution in [2.75, 3.05) is 5.75 Å². The van der Waals surface area contributed by atoms with Crippen molar-refractivity contribution in [1.29, 1.82) is 0 Å². The molecule has 0 unspecified atom stereocenters. The van der Waals surface area contributed by atoms with Crippen molar-refractivity contribution < 1.29 is 0 Å². The van der Waals surface area contributed by atoms with Crippen molar-refractivity contribution in [3.63, 3.8) is 0 Å². The summed E-state index contributed by atoms with van der Waals surface area (Å²) in [7, 11) is 1.93. The van der Waals surface area contributed by atoms with E-state index in [1.165, 1.54) is 11.8 Å². The molecule has 0 atom stereocenters. The number of aryl methyl sites for hydroxylation is 1. The van der Waals surface area contributed by atoms with Crippen molar-refractivity contribution in [3.8, 4) is 12.3 Å². The molecular weight excluding hydrogens is 263 g/mol. The van der Waals surface area contributed by atoms with Gasteiger partial charge >= 0.3 is 0 Å². The van der Waals surface area contributed by atoms with Crippen molar-refractivity contribution in [3.05, 3.63) is 22.2 Å². The molecule has 0 spiro atoms. The average Bonchev–Trinajstić information content (AvgIpc) is 2.54. The van der Waals surface area contributed by atoms with Crippen LogP contribution in [0.1, 0.15) is 0 Å². The highest BCUT2D eigenvalue weighted by molar-refractivity contribution is 7.99. The number of benzene rings is 1. The highest BCUT2D eigenvalue weighted by Gasteiger charge is 2.10. The third kappa shape index (κ3) is 2.01. The van der Waals surface area contributed by atoms with Gasteiger partial charge in [0, 0.05) is 7.05 Å². The minimum atomic E-state index is 0.515. The number of imidazole rings is 1. The first-order valence-corrected chi connectivity index (χ1v) is 6.25. The maximum atomic E-state index is 5.96. The highest BCUT2D eigenvalue weighted by atomic mass is 35.5. The Balaban J connectivity index is 2.56. The summed E-state index contributed by atoms with van der Waals surface area (Å²) in [6, 6.07) is 3.57. The van der Waals surface area contributed by atoms with Gasteiger partial charge in [0.05, 0.1) is 26.8 Å². The van der Waals surface area contributed by atoms with Crippen LogP contribution >= 0.6 is 35.0 Å². The van der Waals surface area contributed by atoms with E-state index in [9.17, 15) is 0 Å². The number of halogens is 2. The van der Waals surface area contributed by atoms with Crippen LogP contribution < -0.4 is 0 Å². The molecule has 2 rings (SSSR count). The summed E-state index contributed by atoms with van der Waals surface area (Å²) in [6.45, 7) is 0. The van der Waals surface area contributed by atoms with Gasteiger partial charge in [-0.3, -0.25) is 0 Å². The van der Waals surface area contributed by atoms with Crippen LogP contribution in [0.2, 0.25) is 10.0 Å². The smallest absolute Gasteiger partial charge is 0.169 e. The van der Waals surface area contributed by atoms with Crippen LogP contribution in [0.25, 0.3) is 11.0 Å². The largest absolute Gasteiger partial charge is 0.322 e. The minimum Gasteiger partial charge on any atom is -0.322 e. The normalized spacial score (nSPS) is 10.6. The molecule has 0 saturated heterocycles. The maximum absolute atomic E-state index is 5.96. The van der Waals surface area contributed by atoms with Gasteiger partial charge in [0.2, 0.25) is 0 Å². The number of nitrogens with zero attached hydrogens (tertiary/aromatic N) is 2. The molecule has 82 valence electrons. The van der Waals surface area contributed by atoms with Gasteiger partial charge in [0.1, 0.15) is 0 Å². The second-order valence-electron chi connectivity index (χ2n) is 3.20. The third-order valence-corrected chi connectivity index (χ3v) is 3.82. The summed E-state index contributed by atoms with van der Waals surface area (Å²) in [5.74, 6) is 3.16. The number of hydrogen-bond donors (Lipinski definition) is 0. The second-order valence-corrected chi connectivity index (χ2v) is 4.96. The monoisotopic (exact) mass is 270 g/mol. The lowest BCUT2D eigenvalue weighted by molar-refractivity contribution is 0.816. The van der Waals surface area contributed by atoms with E-state index in [2.05, 4.69) is 10.9 Å². The average molecular weight is 271 g/mol. The summed E-state index contributed by atoms with van der Waals surface area (Å²) >= 11 is 13.4. The number of aromatic nitrogens is 2. The van der Waals surface area contributed by atoms with E-state index in [-0.39, 0.29) is 0 Å². The topological polar surface area (TPSA) is 17.8 Å². The number of hydrogen-bond acceptors (Lipinski definition) is 2. The highest BCUT2D eigenvalue weighted by Crippen LogP contribution is 2.30. The Labute approximate surface area is 108 Å². The van der Waals surface area contributed by atoms with Gasteiger partial charge in [-0.05, 0) is 12.1 Å². The molecule has 16 heavy (non-hydrogen) atoms. The first-order valence-electron chi connectivity index (χ1n) is 4.51. The fourth-order valence-electron chi connectivity index (χ4n) is 1.40. The van der Waals surface area contributed by atoms with E-state index in [0.717, 1.165) is 16.2 Å². The van der Waals surface area contributed by atoms with Crippen molar-refractivity contribution in [2.24, 2.45) is 7.05 Å². The Morgan fingerprint density at radius 2 is 2.12 bits per heavy atom. The SMILES string of the molecule is C#CCSc1nc2cc(Cl)c(Cl)cc2n1C. The molecule has 0 radical (unpaired) electrons. The van der Waals surface area contributed by atoms with Crippen molar-refractivity contribution in [2.45, 2.75) is 5.16 Å². The first kappa shape index (κ1) is 11.7. The van der Waals surface area contributed by atoms with Gasteiger partial charge in [0.15, 0.2) is 5.16 Å². The summed E-state index contributed by atoms with van der Waals surface area (Å²) in [5.41, 5.74) is 1.78. The minimum absolute atomic E-state index is 0.515. The maximum Gasteiger partial charge on any atom is 0.169 e. The summed E-state index contributed by atoms with van der Waals surface area (Å²) in [5, 5.41) is 1.91. The van der Waals surface area contributed by atoms with Gasteiger partial charge in [0.25, 0.3) is 0 Å². The molecule has 1 heterocycles. The van der Waals surface area contributed by atoms with Gasteiger partial charge < -0.3 is 4.57 Å². The fourth-order valence-corrected chi connectivity index (χ4v) is 2.38. The Morgan fingerprint density at radius 3 is 2.81 bits per heavy atom. The van der Waals surface area contributed by atoms with E-state index in [0.29, 0.717) is 15.8 Å². The quantitative estimate of drug-likeness (QED) is 0.613. The number of rotatable bonds is 2. The zero-order valence-electron chi connectivity index (χ0n) is 8.50. The Hall–Kier alpha value is -0.820. The van der Waals surface area contributed by atoms with Crippen molar-refractivity contribution in [1.82, 2.24) is 9.55 Å². The van der Waals surface area contributed by atoms with E-state index in [1.807, 2.05) is 17.7 Å². The lowest BCUT2D eigenvalue weighted by Gasteiger charge is -1.99. The molecule has 0 fully saturated rings. The fraction of sp³-hybridized carbons (Fsp3) is 0.182. The van der Waals surface area contributed by atoms with Gasteiger partial charge in [-0.25, -0.2) is 4.98 Å². The zero-order chi connectivity index (χ0) is 11.7. The Kier molecular flexibility index (Phi) is 3.34. The molecule has 2 aromatic rings. The molecule has 0 bridgehead atoms. The van der Waals surface area contributed by atoms with Crippen LogP contribution in [-0.4, -0.2) is 15.3 Å². The second kappa shape index (κ2) is 4.58. The van der Waals surface area contributed by atoms with Crippen LogP contribution in [0.5, 0.6) is 0 Å².